The van der Waals surface area contributed by atoms with Crippen molar-refractivity contribution in [3.8, 4) is 0 Å². The van der Waals surface area contributed by atoms with Crippen molar-refractivity contribution in [2.75, 3.05) is 5.32 Å². The van der Waals surface area contributed by atoms with Gasteiger partial charge in [-0.15, -0.1) is 5.10 Å². The maximum absolute atomic E-state index is 11.9. The molecular formula is C14H19N5O. The Kier molecular flexibility index (Phi) is 4.47. The second kappa shape index (κ2) is 6.29. The van der Waals surface area contributed by atoms with Gasteiger partial charge in [-0.05, 0) is 31.0 Å². The van der Waals surface area contributed by atoms with Crippen LogP contribution in [0.1, 0.15) is 30.6 Å². The lowest BCUT2D eigenvalue weighted by Gasteiger charge is -2.05. The zero-order valence-corrected chi connectivity index (χ0v) is 11.7. The summed E-state index contributed by atoms with van der Waals surface area (Å²) in [6.45, 7) is 4.08. The number of nitrogens with one attached hydrogen (secondary N) is 1. The average Bonchev–Trinajstić information content (AvgIpc) is 2.86. The van der Waals surface area contributed by atoms with Gasteiger partial charge in [0.05, 0.1) is 17.9 Å². The van der Waals surface area contributed by atoms with E-state index in [9.17, 15) is 4.79 Å². The van der Waals surface area contributed by atoms with Crippen LogP contribution in [0.2, 0.25) is 0 Å². The summed E-state index contributed by atoms with van der Waals surface area (Å²) in [6, 6.07) is 7.51. The van der Waals surface area contributed by atoms with Gasteiger partial charge in [0, 0.05) is 5.69 Å². The van der Waals surface area contributed by atoms with E-state index >= 15 is 0 Å². The molecule has 0 radical (unpaired) electrons. The van der Waals surface area contributed by atoms with E-state index in [1.165, 1.54) is 4.68 Å². The number of aryl methyl sites for hydroxylation is 1. The minimum atomic E-state index is -0.142. The van der Waals surface area contributed by atoms with E-state index in [1.54, 1.807) is 6.20 Å². The third kappa shape index (κ3) is 3.64. The molecule has 0 aliphatic rings. The summed E-state index contributed by atoms with van der Waals surface area (Å²) in [6.07, 6.45) is 2.50. The number of rotatable bonds is 5. The largest absolute Gasteiger partial charge is 0.324 e. The number of hydrogen-bond donors (Lipinski definition) is 2. The van der Waals surface area contributed by atoms with Gasteiger partial charge in [0.15, 0.2) is 0 Å². The van der Waals surface area contributed by atoms with Gasteiger partial charge in [-0.2, -0.15) is 0 Å². The van der Waals surface area contributed by atoms with Crippen LogP contribution in [-0.4, -0.2) is 20.9 Å². The van der Waals surface area contributed by atoms with Crippen molar-refractivity contribution in [1.82, 2.24) is 15.0 Å². The van der Waals surface area contributed by atoms with Crippen molar-refractivity contribution in [2.45, 2.75) is 32.9 Å². The fourth-order valence-corrected chi connectivity index (χ4v) is 1.84. The maximum atomic E-state index is 11.9. The van der Waals surface area contributed by atoms with Crippen molar-refractivity contribution in [1.29, 1.82) is 0 Å². The van der Waals surface area contributed by atoms with Crippen LogP contribution in [0.3, 0.4) is 0 Å². The summed E-state index contributed by atoms with van der Waals surface area (Å²) < 4.78 is 1.50. The Morgan fingerprint density at radius 3 is 3.00 bits per heavy atom. The molecule has 20 heavy (non-hydrogen) atoms. The van der Waals surface area contributed by atoms with Crippen molar-refractivity contribution in [2.24, 2.45) is 5.73 Å². The van der Waals surface area contributed by atoms with Crippen LogP contribution < -0.4 is 11.1 Å². The summed E-state index contributed by atoms with van der Waals surface area (Å²) in [5.41, 5.74) is 8.44. The smallest absolute Gasteiger partial charge is 0.246 e. The van der Waals surface area contributed by atoms with E-state index in [2.05, 4.69) is 15.6 Å². The Labute approximate surface area is 118 Å². The lowest BCUT2D eigenvalue weighted by atomic mass is 10.2. The van der Waals surface area contributed by atoms with Gasteiger partial charge in [0.2, 0.25) is 5.91 Å². The van der Waals surface area contributed by atoms with Crippen LogP contribution in [0.5, 0.6) is 0 Å². The van der Waals surface area contributed by atoms with Crippen LogP contribution in [0.4, 0.5) is 5.69 Å². The van der Waals surface area contributed by atoms with Gasteiger partial charge in [-0.3, -0.25) is 4.79 Å². The minimum Gasteiger partial charge on any atom is -0.324 e. The number of nitrogens with two attached hydrogens (primary N) is 1. The number of amides is 1. The molecule has 3 N–H and O–H groups in total. The first-order valence-electron chi connectivity index (χ1n) is 6.60. The Hall–Kier alpha value is -2.21. The molecule has 2 rings (SSSR count). The molecule has 0 aliphatic carbocycles. The molecule has 0 aliphatic heterocycles. The number of hydrogen-bond acceptors (Lipinski definition) is 4. The molecular weight excluding hydrogens is 254 g/mol. The number of carbonyl (C=O) groups is 1. The monoisotopic (exact) mass is 273 g/mol. The van der Waals surface area contributed by atoms with Crippen LogP contribution in [0.15, 0.2) is 30.5 Å². The lowest BCUT2D eigenvalue weighted by Crippen LogP contribution is -2.19. The first-order chi connectivity index (χ1) is 9.58. The molecule has 1 unspecified atom stereocenters. The van der Waals surface area contributed by atoms with Gasteiger partial charge in [-0.1, -0.05) is 24.3 Å². The Morgan fingerprint density at radius 1 is 1.50 bits per heavy atom. The highest BCUT2D eigenvalue weighted by Crippen LogP contribution is 2.11. The van der Waals surface area contributed by atoms with Gasteiger partial charge in [0.1, 0.15) is 6.54 Å². The fourth-order valence-electron chi connectivity index (χ4n) is 1.84. The zero-order chi connectivity index (χ0) is 14.5. The number of nitrogens with zero attached hydrogens (tertiary/aromatic N) is 3. The molecule has 1 heterocycles. The number of carbonyl (C=O) groups excluding carboxylic acids is 1. The summed E-state index contributed by atoms with van der Waals surface area (Å²) >= 11 is 0. The molecule has 6 heteroatoms. The minimum absolute atomic E-state index is 0.122. The predicted molar refractivity (Wildman–Crippen MR) is 77.1 cm³/mol. The van der Waals surface area contributed by atoms with Gasteiger partial charge in [0.25, 0.3) is 0 Å². The quantitative estimate of drug-likeness (QED) is 0.867. The average molecular weight is 273 g/mol. The van der Waals surface area contributed by atoms with Crippen LogP contribution in [0.25, 0.3) is 0 Å². The number of anilines is 1. The van der Waals surface area contributed by atoms with E-state index in [-0.39, 0.29) is 18.5 Å². The van der Waals surface area contributed by atoms with Crippen LogP contribution in [0, 0.1) is 6.92 Å². The zero-order valence-electron chi connectivity index (χ0n) is 11.7. The molecule has 1 atom stereocenters. The number of aromatic nitrogens is 3. The summed E-state index contributed by atoms with van der Waals surface area (Å²) in [5, 5.41) is 10.7. The molecule has 0 spiro atoms. The van der Waals surface area contributed by atoms with Gasteiger partial charge in [-0.25, -0.2) is 4.68 Å². The van der Waals surface area contributed by atoms with E-state index in [4.69, 9.17) is 5.73 Å². The molecule has 106 valence electrons. The molecule has 0 fully saturated rings. The summed E-state index contributed by atoms with van der Waals surface area (Å²) in [4.78, 5) is 11.9. The Morgan fingerprint density at radius 2 is 2.30 bits per heavy atom. The van der Waals surface area contributed by atoms with Crippen molar-refractivity contribution in [3.63, 3.8) is 0 Å². The highest BCUT2D eigenvalue weighted by molar-refractivity contribution is 5.90. The highest BCUT2D eigenvalue weighted by atomic mass is 16.2. The van der Waals surface area contributed by atoms with E-state index in [0.717, 1.165) is 17.7 Å². The first kappa shape index (κ1) is 14.2. The third-order valence-electron chi connectivity index (χ3n) is 2.98. The van der Waals surface area contributed by atoms with E-state index in [0.29, 0.717) is 5.69 Å². The van der Waals surface area contributed by atoms with Crippen LogP contribution in [-0.2, 0) is 11.3 Å². The van der Waals surface area contributed by atoms with Crippen molar-refractivity contribution in [3.05, 3.63) is 41.7 Å². The Bertz CT molecular complexity index is 593. The fraction of sp³-hybridized carbons (Fsp3) is 0.357. The molecule has 1 amide bonds. The molecule has 1 aromatic carbocycles. The van der Waals surface area contributed by atoms with E-state index < -0.39 is 0 Å². The molecule has 2 aromatic rings. The third-order valence-corrected chi connectivity index (χ3v) is 2.98. The number of benzene rings is 1. The van der Waals surface area contributed by atoms with E-state index in [1.807, 2.05) is 38.1 Å². The van der Waals surface area contributed by atoms with Crippen LogP contribution >= 0.6 is 0 Å². The first-order valence-corrected chi connectivity index (χ1v) is 6.60. The molecule has 1 aromatic heterocycles. The van der Waals surface area contributed by atoms with Gasteiger partial charge >= 0.3 is 0 Å². The maximum Gasteiger partial charge on any atom is 0.246 e. The van der Waals surface area contributed by atoms with Crippen molar-refractivity contribution >= 4 is 11.6 Å². The normalized spacial score (nSPS) is 12.2. The topological polar surface area (TPSA) is 85.8 Å². The van der Waals surface area contributed by atoms with Gasteiger partial charge < -0.3 is 11.1 Å². The molecule has 0 saturated heterocycles. The Balaban J connectivity index is 1.96. The summed E-state index contributed by atoms with van der Waals surface area (Å²) in [7, 11) is 0. The molecule has 0 bridgehead atoms. The SMILES string of the molecule is CCC(N)c1cn(CC(=O)Nc2cccc(C)c2)nn1. The standard InChI is InChI=1S/C14H19N5O/c1-3-12(15)13-8-19(18-17-13)9-14(20)16-11-6-4-5-10(2)7-11/h4-8,12H,3,9,15H2,1-2H3,(H,16,20). The molecule has 0 saturated carbocycles. The van der Waals surface area contributed by atoms with Crippen molar-refractivity contribution < 1.29 is 4.79 Å². The molecule has 6 nitrogen and oxygen atoms in total. The highest BCUT2D eigenvalue weighted by Gasteiger charge is 2.10. The summed E-state index contributed by atoms with van der Waals surface area (Å²) in [5.74, 6) is -0.142. The lowest BCUT2D eigenvalue weighted by molar-refractivity contribution is -0.116. The second-order valence-electron chi connectivity index (χ2n) is 4.77. The second-order valence-corrected chi connectivity index (χ2v) is 4.77. The predicted octanol–water partition coefficient (Wildman–Crippen LogP) is 1.64.